The second-order valence-electron chi connectivity index (χ2n) is 5.62. The zero-order chi connectivity index (χ0) is 15.6. The molecule has 0 N–H and O–H groups in total. The number of fused-ring (bicyclic) bond motifs is 1. The quantitative estimate of drug-likeness (QED) is 0.364. The molecule has 4 aromatic rings. The number of halogens is 1. The van der Waals surface area contributed by atoms with E-state index in [2.05, 4.69) is 101 Å². The van der Waals surface area contributed by atoms with E-state index in [9.17, 15) is 0 Å². The highest BCUT2D eigenvalue weighted by Crippen LogP contribution is 2.33. The summed E-state index contributed by atoms with van der Waals surface area (Å²) in [4.78, 5) is 0. The normalized spacial score (nSPS) is 10.8. The Morgan fingerprint density at radius 2 is 1.13 bits per heavy atom. The molecule has 0 saturated carbocycles. The van der Waals surface area contributed by atoms with Crippen LogP contribution in [0.3, 0.4) is 0 Å². The van der Waals surface area contributed by atoms with Gasteiger partial charge >= 0.3 is 0 Å². The van der Waals surface area contributed by atoms with E-state index >= 15 is 0 Å². The molecule has 0 heterocycles. The summed E-state index contributed by atoms with van der Waals surface area (Å²) < 4.78 is 1.12. The van der Waals surface area contributed by atoms with Gasteiger partial charge in [0, 0.05) is 4.47 Å². The standard InChI is InChI=1S/C22H15Br/c23-22-13-12-20(15-21(22)17-7-2-1-3-8-17)19-11-10-16-6-4-5-9-18(16)14-19/h1-15H. The minimum absolute atomic E-state index is 1.12. The maximum atomic E-state index is 3.68. The Morgan fingerprint density at radius 1 is 0.478 bits per heavy atom. The van der Waals surface area contributed by atoms with Crippen LogP contribution in [0.4, 0.5) is 0 Å². The lowest BCUT2D eigenvalue weighted by atomic mass is 9.97. The lowest BCUT2D eigenvalue weighted by Gasteiger charge is -2.09. The SMILES string of the molecule is Brc1ccc(-c2ccc3ccccc3c2)cc1-c1ccccc1. The predicted molar refractivity (Wildman–Crippen MR) is 103 cm³/mol. The van der Waals surface area contributed by atoms with E-state index in [4.69, 9.17) is 0 Å². The average molecular weight is 359 g/mol. The molecule has 0 saturated heterocycles. The molecule has 0 nitrogen and oxygen atoms in total. The molecule has 0 aliphatic carbocycles. The van der Waals surface area contributed by atoms with Crippen LogP contribution in [-0.4, -0.2) is 0 Å². The van der Waals surface area contributed by atoms with Crippen LogP contribution in [0.5, 0.6) is 0 Å². The van der Waals surface area contributed by atoms with Crippen molar-refractivity contribution in [1.82, 2.24) is 0 Å². The first kappa shape index (κ1) is 14.2. The van der Waals surface area contributed by atoms with Crippen molar-refractivity contribution < 1.29 is 0 Å². The van der Waals surface area contributed by atoms with Gasteiger partial charge in [-0.15, -0.1) is 0 Å². The first-order valence-corrected chi connectivity index (χ1v) is 8.45. The molecule has 0 aliphatic heterocycles. The van der Waals surface area contributed by atoms with Gasteiger partial charge in [-0.1, -0.05) is 88.7 Å². The number of hydrogen-bond donors (Lipinski definition) is 0. The van der Waals surface area contributed by atoms with Crippen molar-refractivity contribution in [2.75, 3.05) is 0 Å². The summed E-state index contributed by atoms with van der Waals surface area (Å²) in [6.07, 6.45) is 0. The third-order valence-electron chi connectivity index (χ3n) is 4.13. The van der Waals surface area contributed by atoms with Crippen molar-refractivity contribution in [1.29, 1.82) is 0 Å². The number of hydrogen-bond acceptors (Lipinski definition) is 0. The molecule has 4 rings (SSSR count). The Hall–Kier alpha value is -2.38. The van der Waals surface area contributed by atoms with E-state index in [0.717, 1.165) is 4.47 Å². The van der Waals surface area contributed by atoms with Gasteiger partial charge in [0.15, 0.2) is 0 Å². The van der Waals surface area contributed by atoms with Gasteiger partial charge in [0.2, 0.25) is 0 Å². The Labute approximate surface area is 144 Å². The Balaban J connectivity index is 1.85. The third kappa shape index (κ3) is 2.80. The van der Waals surface area contributed by atoms with Crippen LogP contribution >= 0.6 is 15.9 Å². The maximum Gasteiger partial charge on any atom is 0.0254 e. The smallest absolute Gasteiger partial charge is 0.0254 e. The molecule has 0 spiro atoms. The van der Waals surface area contributed by atoms with Crippen molar-refractivity contribution in [3.8, 4) is 22.3 Å². The predicted octanol–water partition coefficient (Wildman–Crippen LogP) is 6.94. The van der Waals surface area contributed by atoms with Gasteiger partial charge in [0.05, 0.1) is 0 Å². The topological polar surface area (TPSA) is 0 Å². The zero-order valence-corrected chi connectivity index (χ0v) is 14.1. The lowest BCUT2D eigenvalue weighted by Crippen LogP contribution is -1.84. The monoisotopic (exact) mass is 358 g/mol. The molecule has 110 valence electrons. The minimum atomic E-state index is 1.12. The van der Waals surface area contributed by atoms with Gasteiger partial charge in [-0.25, -0.2) is 0 Å². The second-order valence-corrected chi connectivity index (χ2v) is 6.48. The molecule has 0 bridgehead atoms. The number of benzene rings is 4. The highest BCUT2D eigenvalue weighted by Gasteiger charge is 2.06. The summed E-state index contributed by atoms with van der Waals surface area (Å²) >= 11 is 3.68. The van der Waals surface area contributed by atoms with Crippen molar-refractivity contribution in [2.24, 2.45) is 0 Å². The highest BCUT2D eigenvalue weighted by molar-refractivity contribution is 9.10. The van der Waals surface area contributed by atoms with Crippen molar-refractivity contribution in [3.05, 3.63) is 95.5 Å². The van der Waals surface area contributed by atoms with Crippen LogP contribution in [0.25, 0.3) is 33.0 Å². The van der Waals surface area contributed by atoms with Crippen LogP contribution in [-0.2, 0) is 0 Å². The maximum absolute atomic E-state index is 3.68. The second kappa shape index (κ2) is 6.02. The van der Waals surface area contributed by atoms with E-state index in [1.165, 1.54) is 33.0 Å². The van der Waals surface area contributed by atoms with Crippen LogP contribution in [0.15, 0.2) is 95.5 Å². The highest BCUT2D eigenvalue weighted by atomic mass is 79.9. The van der Waals surface area contributed by atoms with Gasteiger partial charge in [-0.3, -0.25) is 0 Å². The van der Waals surface area contributed by atoms with E-state index in [1.54, 1.807) is 0 Å². The molecule has 0 unspecified atom stereocenters. The van der Waals surface area contributed by atoms with E-state index in [-0.39, 0.29) is 0 Å². The number of rotatable bonds is 2. The molecule has 0 atom stereocenters. The molecule has 0 aliphatic rings. The fourth-order valence-corrected chi connectivity index (χ4v) is 3.39. The third-order valence-corrected chi connectivity index (χ3v) is 4.83. The van der Waals surface area contributed by atoms with Gasteiger partial charge in [0.1, 0.15) is 0 Å². The zero-order valence-electron chi connectivity index (χ0n) is 12.5. The first-order chi connectivity index (χ1) is 11.3. The Bertz CT molecular complexity index is 971. The summed E-state index contributed by atoms with van der Waals surface area (Å²) in [6, 6.07) is 32.2. The fourth-order valence-electron chi connectivity index (χ4n) is 2.91. The van der Waals surface area contributed by atoms with Crippen molar-refractivity contribution in [2.45, 2.75) is 0 Å². The lowest BCUT2D eigenvalue weighted by molar-refractivity contribution is 1.57. The van der Waals surface area contributed by atoms with Crippen molar-refractivity contribution >= 4 is 26.7 Å². The summed E-state index contributed by atoms with van der Waals surface area (Å²) in [7, 11) is 0. The summed E-state index contributed by atoms with van der Waals surface area (Å²) in [5.74, 6) is 0. The van der Waals surface area contributed by atoms with Crippen molar-refractivity contribution in [3.63, 3.8) is 0 Å². The van der Waals surface area contributed by atoms with E-state index < -0.39 is 0 Å². The van der Waals surface area contributed by atoms with Gasteiger partial charge in [-0.05, 0) is 51.2 Å². The Morgan fingerprint density at radius 3 is 1.96 bits per heavy atom. The summed E-state index contributed by atoms with van der Waals surface area (Å²) in [5, 5.41) is 2.55. The molecule has 0 amide bonds. The van der Waals surface area contributed by atoms with Gasteiger partial charge < -0.3 is 0 Å². The molecule has 4 aromatic carbocycles. The van der Waals surface area contributed by atoms with Gasteiger partial charge in [0.25, 0.3) is 0 Å². The van der Waals surface area contributed by atoms with E-state index in [0.29, 0.717) is 0 Å². The van der Waals surface area contributed by atoms with Crippen LogP contribution in [0, 0.1) is 0 Å². The average Bonchev–Trinajstić information content (AvgIpc) is 2.62. The molecule has 0 aromatic heterocycles. The minimum Gasteiger partial charge on any atom is -0.0622 e. The summed E-state index contributed by atoms with van der Waals surface area (Å²) in [6.45, 7) is 0. The molecule has 0 radical (unpaired) electrons. The molecule has 1 heteroatoms. The van der Waals surface area contributed by atoms with Gasteiger partial charge in [-0.2, -0.15) is 0 Å². The van der Waals surface area contributed by atoms with Crippen LogP contribution < -0.4 is 0 Å². The molecule has 23 heavy (non-hydrogen) atoms. The van der Waals surface area contributed by atoms with Crippen LogP contribution in [0.1, 0.15) is 0 Å². The van der Waals surface area contributed by atoms with Crippen LogP contribution in [0.2, 0.25) is 0 Å². The molecular formula is C22H15Br. The first-order valence-electron chi connectivity index (χ1n) is 7.65. The molecule has 0 fully saturated rings. The fraction of sp³-hybridized carbons (Fsp3) is 0. The largest absolute Gasteiger partial charge is 0.0622 e. The summed E-state index contributed by atoms with van der Waals surface area (Å²) in [5.41, 5.74) is 4.92. The Kier molecular flexibility index (Phi) is 3.72. The molecular weight excluding hydrogens is 344 g/mol. The van der Waals surface area contributed by atoms with E-state index in [1.807, 2.05) is 6.07 Å².